The Labute approximate surface area is 193 Å². The van der Waals surface area contributed by atoms with Gasteiger partial charge in [-0.25, -0.2) is 4.74 Å². The SMILES string of the molecule is CC(C)NC(=O)C1=C(c2ccccc2)c2ccc(OCCc3ccccn3)cc2/C1=[N+](/C)[O-]. The van der Waals surface area contributed by atoms with Crippen LogP contribution in [0.3, 0.4) is 0 Å². The second kappa shape index (κ2) is 9.69. The average Bonchev–Trinajstić information content (AvgIpc) is 3.15. The zero-order chi connectivity index (χ0) is 23.4. The Morgan fingerprint density at radius 1 is 1.06 bits per heavy atom. The summed E-state index contributed by atoms with van der Waals surface area (Å²) in [5.74, 6) is 0.373. The van der Waals surface area contributed by atoms with E-state index in [0.717, 1.165) is 27.1 Å². The fourth-order valence-corrected chi connectivity index (χ4v) is 4.02. The van der Waals surface area contributed by atoms with E-state index in [1.54, 1.807) is 6.20 Å². The number of benzene rings is 2. The predicted octanol–water partition coefficient (Wildman–Crippen LogP) is 3.97. The molecule has 0 atom stereocenters. The van der Waals surface area contributed by atoms with Crippen molar-refractivity contribution in [2.24, 2.45) is 0 Å². The van der Waals surface area contributed by atoms with Gasteiger partial charge in [-0.05, 0) is 55.3 Å². The molecule has 33 heavy (non-hydrogen) atoms. The molecule has 0 spiro atoms. The van der Waals surface area contributed by atoms with Crippen LogP contribution in [0.2, 0.25) is 0 Å². The van der Waals surface area contributed by atoms with Crippen LogP contribution in [0.5, 0.6) is 5.75 Å². The highest BCUT2D eigenvalue weighted by molar-refractivity contribution is 6.36. The molecule has 6 heteroatoms. The number of hydrogen-bond acceptors (Lipinski definition) is 4. The molecule has 4 rings (SSSR count). The summed E-state index contributed by atoms with van der Waals surface area (Å²) in [5, 5.41) is 15.7. The summed E-state index contributed by atoms with van der Waals surface area (Å²) < 4.78 is 6.74. The highest BCUT2D eigenvalue weighted by atomic mass is 16.5. The van der Waals surface area contributed by atoms with Crippen LogP contribution in [-0.2, 0) is 11.2 Å². The molecule has 0 fully saturated rings. The van der Waals surface area contributed by atoms with Crippen molar-refractivity contribution >= 4 is 17.2 Å². The van der Waals surface area contributed by atoms with E-state index in [4.69, 9.17) is 4.74 Å². The number of nitrogens with zero attached hydrogens (tertiary/aromatic N) is 2. The third kappa shape index (κ3) is 4.80. The fraction of sp³-hybridized carbons (Fsp3) is 0.222. The van der Waals surface area contributed by atoms with Crippen LogP contribution in [-0.4, -0.2) is 41.0 Å². The number of fused-ring (bicyclic) bond motifs is 1. The van der Waals surface area contributed by atoms with E-state index in [9.17, 15) is 10.0 Å². The Morgan fingerprint density at radius 3 is 2.48 bits per heavy atom. The predicted molar refractivity (Wildman–Crippen MR) is 129 cm³/mol. The van der Waals surface area contributed by atoms with Gasteiger partial charge >= 0.3 is 0 Å². The highest BCUT2D eigenvalue weighted by Crippen LogP contribution is 2.39. The summed E-state index contributed by atoms with van der Waals surface area (Å²) >= 11 is 0. The zero-order valence-corrected chi connectivity index (χ0v) is 19.0. The molecule has 168 valence electrons. The molecular weight excluding hydrogens is 414 g/mol. The van der Waals surface area contributed by atoms with Crippen molar-refractivity contribution in [2.75, 3.05) is 13.7 Å². The lowest BCUT2D eigenvalue weighted by atomic mass is 9.97. The number of aromatic nitrogens is 1. The summed E-state index contributed by atoms with van der Waals surface area (Å²) in [6.07, 6.45) is 2.43. The standard InChI is InChI=1S/C27H27N3O3/c1-18(2)29-27(31)25-24(19-9-5-4-6-10-19)22-13-12-21(17-23(22)26(25)30(3)32)33-16-14-20-11-7-8-15-28-20/h4-13,15,17-18H,14,16H2,1-3H3,(H,29,31)/b30-26+. The minimum Gasteiger partial charge on any atom is -0.624 e. The van der Waals surface area contributed by atoms with Gasteiger partial charge in [-0.1, -0.05) is 36.4 Å². The lowest BCUT2D eigenvalue weighted by Crippen LogP contribution is -2.34. The number of nitrogens with one attached hydrogen (secondary N) is 1. The molecule has 0 saturated heterocycles. The van der Waals surface area contributed by atoms with Gasteiger partial charge in [0.1, 0.15) is 18.4 Å². The van der Waals surface area contributed by atoms with Crippen LogP contribution in [0.1, 0.15) is 36.2 Å². The molecule has 1 amide bonds. The van der Waals surface area contributed by atoms with Crippen molar-refractivity contribution in [3.05, 3.63) is 106 Å². The van der Waals surface area contributed by atoms with Crippen LogP contribution in [0.15, 0.2) is 78.5 Å². The van der Waals surface area contributed by atoms with E-state index in [2.05, 4.69) is 10.3 Å². The normalized spacial score (nSPS) is 14.3. The Bertz CT molecular complexity index is 1210. The van der Waals surface area contributed by atoms with Crippen molar-refractivity contribution in [1.29, 1.82) is 0 Å². The first-order chi connectivity index (χ1) is 16.0. The third-order valence-corrected chi connectivity index (χ3v) is 5.38. The zero-order valence-electron chi connectivity index (χ0n) is 19.0. The van der Waals surface area contributed by atoms with Gasteiger partial charge in [0.2, 0.25) is 5.71 Å². The van der Waals surface area contributed by atoms with Crippen LogP contribution in [0.25, 0.3) is 5.57 Å². The molecule has 0 saturated carbocycles. The number of carbonyl (C=O) groups excluding carboxylic acids is 1. The molecule has 1 aliphatic rings. The minimum atomic E-state index is -0.268. The van der Waals surface area contributed by atoms with Crippen molar-refractivity contribution in [3.63, 3.8) is 0 Å². The van der Waals surface area contributed by atoms with E-state index < -0.39 is 0 Å². The Morgan fingerprint density at radius 2 is 1.82 bits per heavy atom. The third-order valence-electron chi connectivity index (χ3n) is 5.38. The van der Waals surface area contributed by atoms with Crippen LogP contribution >= 0.6 is 0 Å². The number of rotatable bonds is 7. The first kappa shape index (κ1) is 22.3. The first-order valence-electron chi connectivity index (χ1n) is 11.0. The maximum atomic E-state index is 13.2. The summed E-state index contributed by atoms with van der Waals surface area (Å²) in [6.45, 7) is 4.26. The molecule has 1 aromatic heterocycles. The smallest absolute Gasteiger partial charge is 0.258 e. The van der Waals surface area contributed by atoms with Crippen LogP contribution < -0.4 is 10.1 Å². The van der Waals surface area contributed by atoms with Gasteiger partial charge in [0, 0.05) is 29.9 Å². The van der Waals surface area contributed by atoms with Gasteiger partial charge < -0.3 is 15.3 Å². The number of hydrogen-bond donors (Lipinski definition) is 1. The van der Waals surface area contributed by atoms with Crippen molar-refractivity contribution in [1.82, 2.24) is 10.3 Å². The molecule has 1 aliphatic carbocycles. The van der Waals surface area contributed by atoms with Crippen molar-refractivity contribution < 1.29 is 14.3 Å². The van der Waals surface area contributed by atoms with Gasteiger partial charge in [-0.3, -0.25) is 9.78 Å². The van der Waals surface area contributed by atoms with Crippen molar-refractivity contribution in [2.45, 2.75) is 26.3 Å². The van der Waals surface area contributed by atoms with Gasteiger partial charge in [0.15, 0.2) is 0 Å². The maximum Gasteiger partial charge on any atom is 0.258 e. The number of carbonyl (C=O) groups is 1. The summed E-state index contributed by atoms with van der Waals surface area (Å²) in [7, 11) is 1.42. The molecule has 0 unspecified atom stereocenters. The topological polar surface area (TPSA) is 77.3 Å². The van der Waals surface area contributed by atoms with Gasteiger partial charge in [-0.15, -0.1) is 0 Å². The maximum absolute atomic E-state index is 13.2. The largest absolute Gasteiger partial charge is 0.624 e. The van der Waals surface area contributed by atoms with Crippen LogP contribution in [0, 0.1) is 5.21 Å². The first-order valence-corrected chi connectivity index (χ1v) is 11.0. The molecule has 1 heterocycles. The van der Waals surface area contributed by atoms with Gasteiger partial charge in [0.25, 0.3) is 5.91 Å². The average molecular weight is 442 g/mol. The van der Waals surface area contributed by atoms with E-state index in [-0.39, 0.29) is 11.9 Å². The minimum absolute atomic E-state index is 0.0607. The summed E-state index contributed by atoms with van der Waals surface area (Å²) in [5.41, 5.74) is 4.84. The number of pyridine rings is 1. The molecule has 0 radical (unpaired) electrons. The van der Waals surface area contributed by atoms with E-state index >= 15 is 0 Å². The number of hydroxylamine groups is 1. The Hall–Kier alpha value is -3.93. The van der Waals surface area contributed by atoms with E-state index in [1.807, 2.05) is 80.6 Å². The molecule has 6 nitrogen and oxygen atoms in total. The van der Waals surface area contributed by atoms with Gasteiger partial charge in [-0.2, -0.15) is 0 Å². The monoisotopic (exact) mass is 441 g/mol. The lowest BCUT2D eigenvalue weighted by molar-refractivity contribution is -0.421. The lowest BCUT2D eigenvalue weighted by Gasteiger charge is -2.12. The van der Waals surface area contributed by atoms with Crippen LogP contribution in [0.4, 0.5) is 0 Å². The molecule has 0 aliphatic heterocycles. The van der Waals surface area contributed by atoms with Gasteiger partial charge in [0.05, 0.1) is 12.2 Å². The van der Waals surface area contributed by atoms with E-state index in [0.29, 0.717) is 35.6 Å². The Kier molecular flexibility index (Phi) is 6.54. The quantitative estimate of drug-likeness (QED) is 0.342. The molecule has 2 aromatic carbocycles. The molecule has 0 bridgehead atoms. The highest BCUT2D eigenvalue weighted by Gasteiger charge is 2.38. The molecular formula is C27H27N3O3. The Balaban J connectivity index is 1.72. The summed E-state index contributed by atoms with van der Waals surface area (Å²) in [6, 6.07) is 21.1. The second-order valence-electron chi connectivity index (χ2n) is 8.22. The number of amides is 1. The number of ether oxygens (including phenoxy) is 1. The fourth-order valence-electron chi connectivity index (χ4n) is 4.02. The second-order valence-corrected chi connectivity index (χ2v) is 8.22. The molecule has 1 N–H and O–H groups in total. The summed E-state index contributed by atoms with van der Waals surface area (Å²) in [4.78, 5) is 17.6. The molecule has 3 aromatic rings. The van der Waals surface area contributed by atoms with E-state index in [1.165, 1.54) is 7.05 Å². The van der Waals surface area contributed by atoms with Crippen molar-refractivity contribution in [3.8, 4) is 5.75 Å².